The largest absolute Gasteiger partial charge is 0.480 e. The fourth-order valence-electron chi connectivity index (χ4n) is 4.63. The molecule has 1 spiro atoms. The normalized spacial score (nSPS) is 37.9. The first kappa shape index (κ1) is 12.1. The van der Waals surface area contributed by atoms with Gasteiger partial charge in [-0.05, 0) is 12.8 Å². The Morgan fingerprint density at radius 3 is 2.16 bits per heavy atom. The van der Waals surface area contributed by atoms with E-state index in [1.165, 1.54) is 7.05 Å². The minimum Gasteiger partial charge on any atom is -0.480 e. The Balaban J connectivity index is 2.28. The predicted molar refractivity (Wildman–Crippen MR) is 60.6 cm³/mol. The lowest BCUT2D eigenvalue weighted by Gasteiger charge is -2.19. The SMILES string of the molecule is CNC(=O)C12C(=O)NC(=O)C1(C(=O)O)C21CCCC1. The molecule has 2 aliphatic carbocycles. The highest BCUT2D eigenvalue weighted by Crippen LogP contribution is 2.85. The van der Waals surface area contributed by atoms with Crippen LogP contribution in [-0.2, 0) is 19.2 Å². The summed E-state index contributed by atoms with van der Waals surface area (Å²) in [5, 5.41) is 13.9. The highest BCUT2D eigenvalue weighted by atomic mass is 16.4. The first-order chi connectivity index (χ1) is 8.93. The molecule has 3 aliphatic rings. The predicted octanol–water partition coefficient (Wildman–Crippen LogP) is -0.980. The maximum absolute atomic E-state index is 12.2. The molecule has 3 fully saturated rings. The van der Waals surface area contributed by atoms with E-state index >= 15 is 0 Å². The van der Waals surface area contributed by atoms with E-state index in [0.29, 0.717) is 12.8 Å². The number of piperidine rings is 1. The van der Waals surface area contributed by atoms with Crippen molar-refractivity contribution < 1.29 is 24.3 Å². The topological polar surface area (TPSA) is 113 Å². The molecule has 19 heavy (non-hydrogen) atoms. The molecule has 0 radical (unpaired) electrons. The van der Waals surface area contributed by atoms with Gasteiger partial charge in [0.1, 0.15) is 0 Å². The molecule has 2 saturated carbocycles. The first-order valence-corrected chi connectivity index (χ1v) is 6.25. The second-order valence-corrected chi connectivity index (χ2v) is 5.46. The van der Waals surface area contributed by atoms with Gasteiger partial charge in [-0.15, -0.1) is 0 Å². The van der Waals surface area contributed by atoms with Gasteiger partial charge in [-0.2, -0.15) is 0 Å². The van der Waals surface area contributed by atoms with E-state index in [2.05, 4.69) is 5.32 Å². The van der Waals surface area contributed by atoms with Gasteiger partial charge in [-0.1, -0.05) is 12.8 Å². The fourth-order valence-corrected chi connectivity index (χ4v) is 4.63. The average molecular weight is 266 g/mol. The van der Waals surface area contributed by atoms with Gasteiger partial charge in [-0.25, -0.2) is 0 Å². The number of imide groups is 1. The molecule has 3 rings (SSSR count). The molecule has 0 aromatic carbocycles. The lowest BCUT2D eigenvalue weighted by molar-refractivity contribution is -0.152. The third-order valence-corrected chi connectivity index (χ3v) is 5.19. The fraction of sp³-hybridized carbons (Fsp3) is 0.667. The number of amides is 3. The van der Waals surface area contributed by atoms with Crippen molar-refractivity contribution in [1.82, 2.24) is 10.6 Å². The van der Waals surface area contributed by atoms with Crippen LogP contribution in [0.2, 0.25) is 0 Å². The lowest BCUT2D eigenvalue weighted by Crippen LogP contribution is -2.43. The maximum atomic E-state index is 12.2. The Morgan fingerprint density at radius 2 is 1.68 bits per heavy atom. The molecule has 3 N–H and O–H groups in total. The minimum absolute atomic E-state index is 0.423. The number of carbonyl (C=O) groups excluding carboxylic acids is 3. The van der Waals surface area contributed by atoms with Crippen LogP contribution in [0.1, 0.15) is 25.7 Å². The number of carboxylic acids is 1. The van der Waals surface area contributed by atoms with Gasteiger partial charge in [0.25, 0.3) is 0 Å². The van der Waals surface area contributed by atoms with Crippen LogP contribution in [-0.4, -0.2) is 35.8 Å². The van der Waals surface area contributed by atoms with E-state index in [0.717, 1.165) is 12.8 Å². The summed E-state index contributed by atoms with van der Waals surface area (Å²) in [6.07, 6.45) is 2.31. The Kier molecular flexibility index (Phi) is 2.01. The van der Waals surface area contributed by atoms with E-state index in [4.69, 9.17) is 0 Å². The second-order valence-electron chi connectivity index (χ2n) is 5.46. The molecule has 0 aromatic rings. The van der Waals surface area contributed by atoms with E-state index in [9.17, 15) is 24.3 Å². The molecule has 7 heteroatoms. The quantitative estimate of drug-likeness (QED) is 0.439. The number of rotatable bonds is 2. The van der Waals surface area contributed by atoms with Crippen LogP contribution in [0, 0.1) is 16.2 Å². The van der Waals surface area contributed by atoms with Crippen molar-refractivity contribution in [3.05, 3.63) is 0 Å². The summed E-state index contributed by atoms with van der Waals surface area (Å²) in [5.41, 5.74) is -4.70. The second kappa shape index (κ2) is 3.15. The zero-order valence-electron chi connectivity index (χ0n) is 10.4. The number of aliphatic carboxylic acids is 1. The highest BCUT2D eigenvalue weighted by molar-refractivity contribution is 6.34. The highest BCUT2D eigenvalue weighted by Gasteiger charge is 3.02. The van der Waals surface area contributed by atoms with Crippen molar-refractivity contribution in [3.8, 4) is 0 Å². The van der Waals surface area contributed by atoms with E-state index < -0.39 is 39.9 Å². The molecular weight excluding hydrogens is 252 g/mol. The number of nitrogens with one attached hydrogen (secondary N) is 2. The zero-order chi connectivity index (χ0) is 14.1. The lowest BCUT2D eigenvalue weighted by atomic mass is 9.88. The van der Waals surface area contributed by atoms with Crippen LogP contribution in [0.4, 0.5) is 0 Å². The number of fused-ring (bicyclic) bond motifs is 3. The summed E-state index contributed by atoms with van der Waals surface area (Å²) in [5.74, 6) is -3.64. The van der Waals surface area contributed by atoms with Gasteiger partial charge in [0.05, 0.1) is 0 Å². The molecule has 0 bridgehead atoms. The Hall–Kier alpha value is -1.92. The van der Waals surface area contributed by atoms with Crippen LogP contribution in [0.3, 0.4) is 0 Å². The number of carboxylic acid groups (broad SMARTS) is 1. The first-order valence-electron chi connectivity index (χ1n) is 6.25. The van der Waals surface area contributed by atoms with Crippen molar-refractivity contribution in [1.29, 1.82) is 0 Å². The molecule has 2 unspecified atom stereocenters. The van der Waals surface area contributed by atoms with Crippen molar-refractivity contribution in [2.75, 3.05) is 7.05 Å². The number of carbonyl (C=O) groups is 4. The summed E-state index contributed by atoms with van der Waals surface area (Å²) in [7, 11) is 1.35. The Bertz CT molecular complexity index is 536. The molecule has 2 atom stereocenters. The Labute approximate surface area is 108 Å². The zero-order valence-corrected chi connectivity index (χ0v) is 10.4. The Morgan fingerprint density at radius 1 is 1.16 bits per heavy atom. The summed E-state index contributed by atoms with van der Waals surface area (Å²) >= 11 is 0. The van der Waals surface area contributed by atoms with E-state index in [1.807, 2.05) is 5.32 Å². The molecule has 1 saturated heterocycles. The maximum Gasteiger partial charge on any atom is 0.321 e. The average Bonchev–Trinajstić information content (AvgIpc) is 2.62. The standard InChI is InChI=1S/C12H14N2O5/c1-13-6(15)11-7(16)14-8(17)12(11,9(18)19)10(11)4-2-3-5-10/h2-5H2,1H3,(H,13,15)(H,18,19)(H,14,16,17). The molecule has 102 valence electrons. The number of hydrogen-bond acceptors (Lipinski definition) is 4. The monoisotopic (exact) mass is 266 g/mol. The van der Waals surface area contributed by atoms with Crippen LogP contribution in [0.15, 0.2) is 0 Å². The molecule has 1 heterocycles. The van der Waals surface area contributed by atoms with Crippen molar-refractivity contribution in [3.63, 3.8) is 0 Å². The molecule has 0 aromatic heterocycles. The van der Waals surface area contributed by atoms with Crippen LogP contribution in [0.25, 0.3) is 0 Å². The third kappa shape index (κ3) is 0.827. The molecule has 1 aliphatic heterocycles. The molecule has 3 amide bonds. The van der Waals surface area contributed by atoms with Gasteiger partial charge in [0.15, 0.2) is 10.8 Å². The number of hydrogen-bond donors (Lipinski definition) is 3. The van der Waals surface area contributed by atoms with Gasteiger partial charge < -0.3 is 10.4 Å². The molecule has 7 nitrogen and oxygen atoms in total. The van der Waals surface area contributed by atoms with Gasteiger partial charge >= 0.3 is 5.97 Å². The smallest absolute Gasteiger partial charge is 0.321 e. The van der Waals surface area contributed by atoms with Gasteiger partial charge in [-0.3, -0.25) is 24.5 Å². The summed E-state index contributed by atoms with van der Waals surface area (Å²) in [6, 6.07) is 0. The van der Waals surface area contributed by atoms with Crippen LogP contribution in [0.5, 0.6) is 0 Å². The van der Waals surface area contributed by atoms with Gasteiger partial charge in [0.2, 0.25) is 17.7 Å². The van der Waals surface area contributed by atoms with Crippen molar-refractivity contribution in [2.45, 2.75) is 25.7 Å². The van der Waals surface area contributed by atoms with Gasteiger partial charge in [0, 0.05) is 12.5 Å². The van der Waals surface area contributed by atoms with E-state index in [-0.39, 0.29) is 0 Å². The van der Waals surface area contributed by atoms with Crippen molar-refractivity contribution in [2.24, 2.45) is 16.2 Å². The van der Waals surface area contributed by atoms with Crippen LogP contribution < -0.4 is 10.6 Å². The minimum atomic E-state index is -1.91. The molecular formula is C12H14N2O5. The van der Waals surface area contributed by atoms with Crippen LogP contribution >= 0.6 is 0 Å². The third-order valence-electron chi connectivity index (χ3n) is 5.19. The van der Waals surface area contributed by atoms with Crippen molar-refractivity contribution >= 4 is 23.7 Å². The summed E-state index contributed by atoms with van der Waals surface area (Å²) in [4.78, 5) is 48.2. The van der Waals surface area contributed by atoms with E-state index in [1.54, 1.807) is 0 Å². The summed E-state index contributed by atoms with van der Waals surface area (Å²) < 4.78 is 0. The summed E-state index contributed by atoms with van der Waals surface area (Å²) in [6.45, 7) is 0.